The minimum Gasteiger partial charge on any atom is -0.444 e. The van der Waals surface area contributed by atoms with E-state index in [1.54, 1.807) is 9.80 Å². The summed E-state index contributed by atoms with van der Waals surface area (Å²) in [5, 5.41) is 10.3. The van der Waals surface area contributed by atoms with E-state index in [9.17, 15) is 24.3 Å². The summed E-state index contributed by atoms with van der Waals surface area (Å²) in [6.07, 6.45) is 2.65. The van der Waals surface area contributed by atoms with Crippen LogP contribution in [0, 0.1) is 41.5 Å². The number of carbonyl (C=O) groups excluding carboxylic acids is 4. The first-order valence-electron chi connectivity index (χ1n) is 22.1. The van der Waals surface area contributed by atoms with E-state index < -0.39 is 16.8 Å². The predicted molar refractivity (Wildman–Crippen MR) is 253 cm³/mol. The molecule has 3 aliphatic heterocycles. The zero-order chi connectivity index (χ0) is 47.4. The van der Waals surface area contributed by atoms with Gasteiger partial charge in [-0.1, -0.05) is 28.1 Å². The molecule has 3 heterocycles. The van der Waals surface area contributed by atoms with E-state index in [2.05, 4.69) is 35.8 Å². The molecular weight excluding hydrogens is 862 g/mol. The number of ether oxygens (including phenoxy) is 3. The molecule has 0 aliphatic carbocycles. The maximum Gasteiger partial charge on any atom is 0.410 e. The highest BCUT2D eigenvalue weighted by atomic mass is 79.9. The molecule has 0 atom stereocenters. The molecule has 0 saturated carbocycles. The van der Waals surface area contributed by atoms with Gasteiger partial charge in [-0.2, -0.15) is 0 Å². The molecule has 346 valence electrons. The highest BCUT2D eigenvalue weighted by Crippen LogP contribution is 2.32. The van der Waals surface area contributed by atoms with Gasteiger partial charge >= 0.3 is 18.3 Å². The minimum absolute atomic E-state index is 0.0652. The number of hydrogen-bond donors (Lipinski definition) is 1. The Balaban J connectivity index is 0.000000207. The van der Waals surface area contributed by atoms with E-state index >= 15 is 0 Å². The van der Waals surface area contributed by atoms with Crippen molar-refractivity contribution in [1.29, 1.82) is 0 Å². The van der Waals surface area contributed by atoms with Gasteiger partial charge in [0.15, 0.2) is 0 Å². The topological polar surface area (TPSA) is 126 Å². The van der Waals surface area contributed by atoms with Gasteiger partial charge in [0, 0.05) is 50.2 Å². The fourth-order valence-corrected chi connectivity index (χ4v) is 8.98. The average molecular weight is 935 g/mol. The zero-order valence-corrected chi connectivity index (χ0v) is 42.2. The molecule has 3 aliphatic rings. The molecule has 0 unspecified atom stereocenters. The fraction of sp³-hybridized carbons (Fsp3) is 0.569. The van der Waals surface area contributed by atoms with Gasteiger partial charge in [-0.3, -0.25) is 4.79 Å². The fourth-order valence-electron chi connectivity index (χ4n) is 8.39. The van der Waals surface area contributed by atoms with E-state index in [-0.39, 0.29) is 24.9 Å². The van der Waals surface area contributed by atoms with Crippen LogP contribution in [0.4, 0.5) is 14.4 Å². The van der Waals surface area contributed by atoms with E-state index in [0.29, 0.717) is 32.7 Å². The van der Waals surface area contributed by atoms with Crippen LogP contribution in [-0.4, -0.2) is 80.8 Å². The molecule has 6 rings (SSSR count). The number of aldehydes is 1. The summed E-state index contributed by atoms with van der Waals surface area (Å²) in [7, 11) is 0. The summed E-state index contributed by atoms with van der Waals surface area (Å²) in [6, 6.07) is 6.15. The Morgan fingerprint density at radius 3 is 1.19 bits per heavy atom. The molecule has 1 N–H and O–H groups in total. The Hall–Kier alpha value is -4.42. The van der Waals surface area contributed by atoms with Crippen molar-refractivity contribution in [2.24, 2.45) is 0 Å². The molecule has 3 amide bonds. The van der Waals surface area contributed by atoms with Crippen LogP contribution in [0.25, 0.3) is 0 Å². The van der Waals surface area contributed by atoms with Crippen LogP contribution in [0.5, 0.6) is 0 Å². The second-order valence-corrected chi connectivity index (χ2v) is 20.7. The van der Waals surface area contributed by atoms with Crippen molar-refractivity contribution < 1.29 is 38.5 Å². The second kappa shape index (κ2) is 20.6. The third-order valence-electron chi connectivity index (χ3n) is 11.8. The summed E-state index contributed by atoms with van der Waals surface area (Å²) < 4.78 is 16.4. The zero-order valence-electron chi connectivity index (χ0n) is 40.6. The first-order valence-corrected chi connectivity index (χ1v) is 23.2. The van der Waals surface area contributed by atoms with Crippen molar-refractivity contribution in [1.82, 2.24) is 14.7 Å². The molecule has 0 radical (unpaired) electrons. The number of alkyl halides is 1. The summed E-state index contributed by atoms with van der Waals surface area (Å²) in [6.45, 7) is 33.2. The van der Waals surface area contributed by atoms with Crippen molar-refractivity contribution in [3.05, 3.63) is 102 Å². The van der Waals surface area contributed by atoms with Crippen molar-refractivity contribution in [3.8, 4) is 0 Å². The van der Waals surface area contributed by atoms with E-state index in [1.807, 2.05) is 107 Å². The molecular formula is C51H72BrN3O8. The van der Waals surface area contributed by atoms with Gasteiger partial charge in [-0.05, 0) is 207 Å². The Kier molecular flexibility index (Phi) is 16.8. The minimum atomic E-state index is -0.482. The van der Waals surface area contributed by atoms with Crippen molar-refractivity contribution in [2.75, 3.05) is 19.6 Å². The Labute approximate surface area is 385 Å². The SMILES string of the molecule is Cc1cc(C=O)c(C)c2c1CN(C(=O)OC(C)(C)C)CC2.Cc1cc(CBr)c(C)c2c1CN(C(=O)OC(C)(C)C)CC2.Cc1cc(CO)c(C)c2c1CN(C(=O)OC(C)(C)C)CC2. The standard InChI is InChI=1S/C17H24BrNO2.C17H25NO3.C17H23NO3/c1-11-8-13(9-18)12(2)14-6-7-19(10-15(11)14)16(20)21-17(3,4)5;2*1-11-8-13(10-19)12(2)14-6-7-18(9-15(11)14)16(20)21-17(3,4)5/h8H,6-7,9-10H2,1-5H3;8,19H,6-7,9-10H2,1-5H3;8,10H,6-7,9H2,1-5H3. The number of rotatable bonds is 3. The van der Waals surface area contributed by atoms with Crippen LogP contribution in [0.3, 0.4) is 0 Å². The number of halogens is 1. The molecule has 0 aromatic heterocycles. The highest BCUT2D eigenvalue weighted by Gasteiger charge is 2.31. The van der Waals surface area contributed by atoms with Crippen molar-refractivity contribution >= 4 is 40.5 Å². The lowest BCUT2D eigenvalue weighted by molar-refractivity contribution is 0.0213. The number of aliphatic hydroxyl groups excluding tert-OH is 1. The lowest BCUT2D eigenvalue weighted by atomic mass is 9.88. The molecule has 0 bridgehead atoms. The van der Waals surface area contributed by atoms with Crippen LogP contribution in [-0.2, 0) is 65.0 Å². The largest absolute Gasteiger partial charge is 0.444 e. The Morgan fingerprint density at radius 1 is 0.556 bits per heavy atom. The van der Waals surface area contributed by atoms with Gasteiger partial charge < -0.3 is 34.0 Å². The van der Waals surface area contributed by atoms with Gasteiger partial charge in [0.25, 0.3) is 0 Å². The number of benzene rings is 3. The number of aryl methyl sites for hydroxylation is 3. The number of amides is 3. The highest BCUT2D eigenvalue weighted by molar-refractivity contribution is 9.08. The molecule has 11 nitrogen and oxygen atoms in total. The van der Waals surface area contributed by atoms with Crippen LogP contribution in [0.15, 0.2) is 18.2 Å². The molecule has 0 saturated heterocycles. The summed E-state index contributed by atoms with van der Waals surface area (Å²) in [5.41, 5.74) is 16.2. The summed E-state index contributed by atoms with van der Waals surface area (Å²) >= 11 is 3.55. The summed E-state index contributed by atoms with van der Waals surface area (Å²) in [4.78, 5) is 53.1. The Morgan fingerprint density at radius 2 is 0.873 bits per heavy atom. The Bertz CT molecular complexity index is 2090. The van der Waals surface area contributed by atoms with Crippen molar-refractivity contribution in [2.45, 2.75) is 171 Å². The third-order valence-corrected chi connectivity index (χ3v) is 12.4. The monoisotopic (exact) mass is 933 g/mol. The quantitative estimate of drug-likeness (QED) is 0.156. The third kappa shape index (κ3) is 13.3. The van der Waals surface area contributed by atoms with E-state index in [4.69, 9.17) is 14.2 Å². The molecule has 0 fully saturated rings. The van der Waals surface area contributed by atoms with Gasteiger partial charge in [0.05, 0.1) is 6.61 Å². The lowest BCUT2D eigenvalue weighted by Gasteiger charge is -2.33. The number of nitrogens with zero attached hydrogens (tertiary/aromatic N) is 3. The molecule has 63 heavy (non-hydrogen) atoms. The normalized spacial score (nSPS) is 14.8. The number of fused-ring (bicyclic) bond motifs is 3. The van der Waals surface area contributed by atoms with Gasteiger partial charge in [0.2, 0.25) is 0 Å². The second-order valence-electron chi connectivity index (χ2n) is 20.1. The van der Waals surface area contributed by atoms with Gasteiger partial charge in [-0.15, -0.1) is 0 Å². The van der Waals surface area contributed by atoms with Crippen LogP contribution >= 0.6 is 15.9 Å². The van der Waals surface area contributed by atoms with Gasteiger partial charge in [0.1, 0.15) is 23.1 Å². The summed E-state index contributed by atoms with van der Waals surface area (Å²) in [5.74, 6) is 0. The van der Waals surface area contributed by atoms with Crippen LogP contribution in [0.2, 0.25) is 0 Å². The van der Waals surface area contributed by atoms with E-state index in [0.717, 1.165) is 76.4 Å². The maximum atomic E-state index is 12.2. The van der Waals surface area contributed by atoms with E-state index in [1.165, 1.54) is 44.5 Å². The van der Waals surface area contributed by atoms with Crippen LogP contribution < -0.4 is 0 Å². The smallest absolute Gasteiger partial charge is 0.410 e. The van der Waals surface area contributed by atoms with Crippen LogP contribution in [0.1, 0.15) is 151 Å². The molecule has 3 aromatic carbocycles. The van der Waals surface area contributed by atoms with Gasteiger partial charge in [-0.25, -0.2) is 14.4 Å². The number of hydrogen-bond acceptors (Lipinski definition) is 8. The average Bonchev–Trinajstić information content (AvgIpc) is 3.19. The molecule has 12 heteroatoms. The number of aliphatic hydroxyl groups is 1. The number of carbonyl (C=O) groups is 4. The first-order chi connectivity index (χ1) is 29.2. The predicted octanol–water partition coefficient (Wildman–Crippen LogP) is 11.0. The van der Waals surface area contributed by atoms with Crippen molar-refractivity contribution in [3.63, 3.8) is 0 Å². The maximum absolute atomic E-state index is 12.2. The molecule has 3 aromatic rings. The molecule has 0 spiro atoms. The lowest BCUT2D eigenvalue weighted by Crippen LogP contribution is -2.40. The first kappa shape index (κ1) is 51.2.